The highest BCUT2D eigenvalue weighted by molar-refractivity contribution is 5.94. The van der Waals surface area contributed by atoms with Gasteiger partial charge < -0.3 is 10.1 Å². The predicted molar refractivity (Wildman–Crippen MR) is 101 cm³/mol. The molecule has 27 heavy (non-hydrogen) atoms. The van der Waals surface area contributed by atoms with Gasteiger partial charge in [0.2, 0.25) is 0 Å². The van der Waals surface area contributed by atoms with Crippen LogP contribution < -0.4 is 10.1 Å². The van der Waals surface area contributed by atoms with Crippen LogP contribution in [-0.2, 0) is 4.79 Å². The zero-order valence-electron chi connectivity index (χ0n) is 15.3. The molecule has 0 saturated heterocycles. The number of anilines is 1. The van der Waals surface area contributed by atoms with Gasteiger partial charge in [-0.15, -0.1) is 5.10 Å². The van der Waals surface area contributed by atoms with Crippen molar-refractivity contribution in [2.45, 2.75) is 38.8 Å². The Morgan fingerprint density at radius 2 is 2.00 bits per heavy atom. The van der Waals surface area contributed by atoms with Crippen molar-refractivity contribution in [1.82, 2.24) is 20.2 Å². The van der Waals surface area contributed by atoms with Gasteiger partial charge in [0, 0.05) is 11.3 Å². The summed E-state index contributed by atoms with van der Waals surface area (Å²) < 4.78 is 7.59. The first-order valence-electron chi connectivity index (χ1n) is 9.02. The summed E-state index contributed by atoms with van der Waals surface area (Å²) in [5.74, 6) is 1.23. The van der Waals surface area contributed by atoms with Gasteiger partial charge in [0.15, 0.2) is 11.9 Å². The molecule has 0 radical (unpaired) electrons. The maximum absolute atomic E-state index is 12.4. The summed E-state index contributed by atoms with van der Waals surface area (Å²) in [5, 5.41) is 14.8. The van der Waals surface area contributed by atoms with Gasteiger partial charge in [0.05, 0.1) is 6.04 Å². The minimum Gasteiger partial charge on any atom is -0.481 e. The molecule has 1 saturated carbocycles. The van der Waals surface area contributed by atoms with Gasteiger partial charge in [-0.2, -0.15) is 0 Å². The van der Waals surface area contributed by atoms with Crippen LogP contribution in [0.3, 0.4) is 0 Å². The van der Waals surface area contributed by atoms with E-state index in [9.17, 15) is 4.79 Å². The van der Waals surface area contributed by atoms with Crippen LogP contribution >= 0.6 is 0 Å². The lowest BCUT2D eigenvalue weighted by molar-refractivity contribution is -0.122. The number of nitrogens with one attached hydrogen (secondary N) is 1. The van der Waals surface area contributed by atoms with E-state index in [0.717, 1.165) is 29.8 Å². The number of tetrazole rings is 1. The molecule has 7 nitrogen and oxygen atoms in total. The molecule has 1 aromatic heterocycles. The second-order valence-electron chi connectivity index (χ2n) is 6.82. The molecule has 1 heterocycles. The standard InChI is InChI=1S/C20H21N5O2/c1-13-4-3-5-18(12-13)27-14(2)20(26)21-16-8-6-15(7-9-16)19-22-23-24-25(19)17-10-11-17/h3-9,12,14,17H,10-11H2,1-2H3,(H,21,26). The molecule has 138 valence electrons. The number of nitrogens with zero attached hydrogens (tertiary/aromatic N) is 4. The van der Waals surface area contributed by atoms with Gasteiger partial charge in [-0.1, -0.05) is 12.1 Å². The Kier molecular flexibility index (Phi) is 4.58. The third kappa shape index (κ3) is 3.97. The zero-order valence-corrected chi connectivity index (χ0v) is 15.3. The lowest BCUT2D eigenvalue weighted by Gasteiger charge is -2.15. The van der Waals surface area contributed by atoms with Crippen LogP contribution in [0, 0.1) is 6.92 Å². The Hall–Kier alpha value is -3.22. The predicted octanol–water partition coefficient (Wildman–Crippen LogP) is 3.39. The highest BCUT2D eigenvalue weighted by Gasteiger charge is 2.28. The summed E-state index contributed by atoms with van der Waals surface area (Å²) >= 11 is 0. The molecule has 0 bridgehead atoms. The van der Waals surface area contributed by atoms with Crippen LogP contribution in [0.5, 0.6) is 5.75 Å². The molecular weight excluding hydrogens is 342 g/mol. The van der Waals surface area contributed by atoms with E-state index in [2.05, 4.69) is 20.8 Å². The molecule has 3 aromatic rings. The van der Waals surface area contributed by atoms with Crippen molar-refractivity contribution in [3.8, 4) is 17.1 Å². The largest absolute Gasteiger partial charge is 0.481 e. The van der Waals surface area contributed by atoms with Gasteiger partial charge in [0.25, 0.3) is 5.91 Å². The molecule has 1 unspecified atom stereocenters. The van der Waals surface area contributed by atoms with E-state index in [4.69, 9.17) is 4.74 Å². The zero-order chi connectivity index (χ0) is 18.8. The van der Waals surface area contributed by atoms with Crippen LogP contribution in [0.4, 0.5) is 5.69 Å². The maximum Gasteiger partial charge on any atom is 0.265 e. The molecule has 1 aliphatic carbocycles. The number of ether oxygens (including phenoxy) is 1. The Morgan fingerprint density at radius 1 is 1.22 bits per heavy atom. The molecule has 1 amide bonds. The van der Waals surface area contributed by atoms with Crippen LogP contribution in [0.15, 0.2) is 48.5 Å². The van der Waals surface area contributed by atoms with Crippen LogP contribution in [-0.4, -0.2) is 32.2 Å². The molecule has 1 aliphatic rings. The minimum atomic E-state index is -0.603. The number of hydrogen-bond donors (Lipinski definition) is 1. The van der Waals surface area contributed by atoms with Crippen molar-refractivity contribution in [2.75, 3.05) is 5.32 Å². The number of carbonyl (C=O) groups excluding carboxylic acids is 1. The third-order valence-electron chi connectivity index (χ3n) is 4.47. The van der Waals surface area contributed by atoms with Gasteiger partial charge in [-0.05, 0) is 79.1 Å². The highest BCUT2D eigenvalue weighted by atomic mass is 16.5. The van der Waals surface area contributed by atoms with Crippen molar-refractivity contribution in [3.05, 3.63) is 54.1 Å². The third-order valence-corrected chi connectivity index (χ3v) is 4.47. The normalized spacial score (nSPS) is 14.6. The monoisotopic (exact) mass is 363 g/mol. The minimum absolute atomic E-state index is 0.202. The molecule has 4 rings (SSSR count). The summed E-state index contributed by atoms with van der Waals surface area (Å²) in [7, 11) is 0. The van der Waals surface area contributed by atoms with Crippen molar-refractivity contribution in [2.24, 2.45) is 0 Å². The van der Waals surface area contributed by atoms with Crippen molar-refractivity contribution in [1.29, 1.82) is 0 Å². The van der Waals surface area contributed by atoms with E-state index in [0.29, 0.717) is 17.5 Å². The lowest BCUT2D eigenvalue weighted by Crippen LogP contribution is -2.30. The first-order chi connectivity index (χ1) is 13.1. The van der Waals surface area contributed by atoms with Crippen LogP contribution in [0.25, 0.3) is 11.4 Å². The Bertz CT molecular complexity index is 947. The first-order valence-corrected chi connectivity index (χ1v) is 9.02. The number of hydrogen-bond acceptors (Lipinski definition) is 5. The van der Waals surface area contributed by atoms with Crippen LogP contribution in [0.2, 0.25) is 0 Å². The molecule has 0 aliphatic heterocycles. The van der Waals surface area contributed by atoms with Gasteiger partial charge in [0.1, 0.15) is 5.75 Å². The summed E-state index contributed by atoms with van der Waals surface area (Å²) in [6.45, 7) is 3.72. The Labute approximate surface area is 157 Å². The van der Waals surface area contributed by atoms with E-state index in [1.54, 1.807) is 6.92 Å². The number of rotatable bonds is 6. The highest BCUT2D eigenvalue weighted by Crippen LogP contribution is 2.36. The molecule has 1 N–H and O–H groups in total. The number of aryl methyl sites for hydroxylation is 1. The van der Waals surface area contributed by atoms with E-state index in [1.807, 2.05) is 60.1 Å². The molecule has 2 aromatic carbocycles. The topological polar surface area (TPSA) is 81.9 Å². The molecular formula is C20H21N5O2. The Morgan fingerprint density at radius 3 is 2.70 bits per heavy atom. The second-order valence-corrected chi connectivity index (χ2v) is 6.82. The van der Waals surface area contributed by atoms with Crippen LogP contribution in [0.1, 0.15) is 31.4 Å². The Balaban J connectivity index is 1.40. The fraction of sp³-hybridized carbons (Fsp3) is 0.300. The molecule has 1 atom stereocenters. The SMILES string of the molecule is Cc1cccc(OC(C)C(=O)Nc2ccc(-c3nnnn3C3CC3)cc2)c1. The van der Waals surface area contributed by atoms with Crippen molar-refractivity contribution < 1.29 is 9.53 Å². The number of carbonyl (C=O) groups is 1. The quantitative estimate of drug-likeness (QED) is 0.726. The number of benzene rings is 2. The molecule has 0 spiro atoms. The molecule has 1 fully saturated rings. The summed E-state index contributed by atoms with van der Waals surface area (Å²) in [6.07, 6.45) is 1.63. The van der Waals surface area contributed by atoms with E-state index < -0.39 is 6.10 Å². The maximum atomic E-state index is 12.4. The molecule has 7 heteroatoms. The number of aromatic nitrogens is 4. The lowest BCUT2D eigenvalue weighted by atomic mass is 10.2. The summed E-state index contributed by atoms with van der Waals surface area (Å²) in [4.78, 5) is 12.4. The van der Waals surface area contributed by atoms with E-state index in [-0.39, 0.29) is 5.91 Å². The summed E-state index contributed by atoms with van der Waals surface area (Å²) in [6, 6.07) is 15.6. The van der Waals surface area contributed by atoms with Gasteiger partial charge >= 0.3 is 0 Å². The first kappa shape index (κ1) is 17.2. The van der Waals surface area contributed by atoms with E-state index in [1.165, 1.54) is 0 Å². The smallest absolute Gasteiger partial charge is 0.265 e. The van der Waals surface area contributed by atoms with Crippen molar-refractivity contribution >= 4 is 11.6 Å². The van der Waals surface area contributed by atoms with Crippen molar-refractivity contribution in [3.63, 3.8) is 0 Å². The van der Waals surface area contributed by atoms with E-state index >= 15 is 0 Å². The average Bonchev–Trinajstić information content (AvgIpc) is 3.39. The fourth-order valence-electron chi connectivity index (χ4n) is 2.84. The summed E-state index contributed by atoms with van der Waals surface area (Å²) in [5.41, 5.74) is 2.71. The second kappa shape index (κ2) is 7.19. The number of amides is 1. The fourth-order valence-corrected chi connectivity index (χ4v) is 2.84. The van der Waals surface area contributed by atoms with Gasteiger partial charge in [-0.3, -0.25) is 4.79 Å². The average molecular weight is 363 g/mol. The van der Waals surface area contributed by atoms with Gasteiger partial charge in [-0.25, -0.2) is 4.68 Å².